The summed E-state index contributed by atoms with van der Waals surface area (Å²) >= 11 is 0. The number of aromatic nitrogens is 1. The maximum atomic E-state index is 11.1. The molecule has 3 nitrogen and oxygen atoms in total. The summed E-state index contributed by atoms with van der Waals surface area (Å²) in [4.78, 5) is 11.1. The summed E-state index contributed by atoms with van der Waals surface area (Å²) in [5, 5.41) is 10.00. The monoisotopic (exact) mass is 245 g/mol. The van der Waals surface area contributed by atoms with Gasteiger partial charge in [-0.1, -0.05) is 26.8 Å². The number of hydrogen-bond acceptors (Lipinski definition) is 2. The van der Waals surface area contributed by atoms with E-state index in [9.17, 15) is 4.79 Å². The van der Waals surface area contributed by atoms with Crippen LogP contribution < -0.4 is 0 Å². The van der Waals surface area contributed by atoms with Gasteiger partial charge in [0.25, 0.3) is 0 Å². The lowest BCUT2D eigenvalue weighted by Gasteiger charge is -2.19. The van der Waals surface area contributed by atoms with Gasteiger partial charge in [0, 0.05) is 29.2 Å². The molecule has 0 saturated heterocycles. The van der Waals surface area contributed by atoms with Crippen LogP contribution >= 0.6 is 0 Å². The Bertz CT molecular complexity index is 576. The van der Waals surface area contributed by atoms with Gasteiger partial charge in [-0.05, 0) is 23.1 Å². The van der Waals surface area contributed by atoms with Crippen LogP contribution in [0.15, 0.2) is 24.4 Å². The van der Waals surface area contributed by atoms with Gasteiger partial charge >= 0.3 is 0 Å². The van der Waals surface area contributed by atoms with Crippen molar-refractivity contribution in [2.45, 2.75) is 32.7 Å². The maximum Gasteiger partial charge on any atom is 0.152 e. The van der Waals surface area contributed by atoms with Gasteiger partial charge in [0.15, 0.2) is 6.29 Å². The molecule has 0 bridgehead atoms. The maximum absolute atomic E-state index is 11.1. The van der Waals surface area contributed by atoms with Gasteiger partial charge < -0.3 is 9.67 Å². The van der Waals surface area contributed by atoms with Gasteiger partial charge in [-0.15, -0.1) is 0 Å². The molecule has 0 saturated carbocycles. The van der Waals surface area contributed by atoms with E-state index < -0.39 is 0 Å². The van der Waals surface area contributed by atoms with Crippen LogP contribution in [0.2, 0.25) is 0 Å². The van der Waals surface area contributed by atoms with Crippen LogP contribution in [0.25, 0.3) is 10.9 Å². The number of rotatable bonds is 3. The SMILES string of the molecule is CC(C)(C)c1ccc2c(c1)c(C=O)cn2CCO. The third kappa shape index (κ3) is 2.18. The van der Waals surface area contributed by atoms with Crippen molar-refractivity contribution in [3.63, 3.8) is 0 Å². The van der Waals surface area contributed by atoms with Crippen LogP contribution in [-0.2, 0) is 12.0 Å². The van der Waals surface area contributed by atoms with Crippen molar-refractivity contribution in [1.29, 1.82) is 0 Å². The van der Waals surface area contributed by atoms with Crippen LogP contribution in [0.5, 0.6) is 0 Å². The third-order valence-electron chi connectivity index (χ3n) is 3.25. The Balaban J connectivity index is 2.65. The Labute approximate surface area is 107 Å². The first-order valence-corrected chi connectivity index (χ1v) is 6.17. The molecule has 0 amide bonds. The number of aliphatic hydroxyl groups excluding tert-OH is 1. The highest BCUT2D eigenvalue weighted by Crippen LogP contribution is 2.28. The molecule has 0 radical (unpaired) electrons. The Morgan fingerprint density at radius 3 is 2.61 bits per heavy atom. The number of nitrogens with zero attached hydrogens (tertiary/aromatic N) is 1. The number of aldehydes is 1. The Morgan fingerprint density at radius 1 is 1.33 bits per heavy atom. The summed E-state index contributed by atoms with van der Waals surface area (Å²) < 4.78 is 1.92. The number of carbonyl (C=O) groups excluding carboxylic acids is 1. The van der Waals surface area contributed by atoms with E-state index in [1.54, 1.807) is 6.20 Å². The van der Waals surface area contributed by atoms with Gasteiger partial charge in [0.2, 0.25) is 0 Å². The molecular formula is C15H19NO2. The molecule has 0 aliphatic rings. The van der Waals surface area contributed by atoms with E-state index in [4.69, 9.17) is 5.11 Å². The fourth-order valence-corrected chi connectivity index (χ4v) is 2.18. The smallest absolute Gasteiger partial charge is 0.152 e. The van der Waals surface area contributed by atoms with Gasteiger partial charge in [-0.2, -0.15) is 0 Å². The van der Waals surface area contributed by atoms with Crippen LogP contribution in [0, 0.1) is 0 Å². The van der Waals surface area contributed by atoms with Gasteiger partial charge in [-0.3, -0.25) is 4.79 Å². The summed E-state index contributed by atoms with van der Waals surface area (Å²) in [6, 6.07) is 6.19. The molecule has 2 rings (SSSR count). The van der Waals surface area contributed by atoms with E-state index in [0.29, 0.717) is 12.1 Å². The Hall–Kier alpha value is -1.61. The first-order valence-electron chi connectivity index (χ1n) is 6.17. The molecular weight excluding hydrogens is 226 g/mol. The molecule has 3 heteroatoms. The topological polar surface area (TPSA) is 42.2 Å². The lowest BCUT2D eigenvalue weighted by atomic mass is 9.86. The van der Waals surface area contributed by atoms with E-state index in [0.717, 1.165) is 17.2 Å². The minimum absolute atomic E-state index is 0.0629. The Morgan fingerprint density at radius 2 is 2.06 bits per heavy atom. The molecule has 0 spiro atoms. The molecule has 1 aromatic carbocycles. The molecule has 0 aliphatic heterocycles. The predicted octanol–water partition coefficient (Wildman–Crippen LogP) is 2.74. The van der Waals surface area contributed by atoms with E-state index in [1.165, 1.54) is 5.56 Å². The average molecular weight is 245 g/mol. The Kier molecular flexibility index (Phi) is 3.26. The van der Waals surface area contributed by atoms with Crippen molar-refractivity contribution in [3.8, 4) is 0 Å². The van der Waals surface area contributed by atoms with Crippen molar-refractivity contribution in [3.05, 3.63) is 35.5 Å². The molecule has 1 aromatic heterocycles. The summed E-state index contributed by atoms with van der Waals surface area (Å²) in [6.45, 7) is 7.04. The zero-order valence-electron chi connectivity index (χ0n) is 11.1. The molecule has 96 valence electrons. The van der Waals surface area contributed by atoms with Crippen molar-refractivity contribution in [2.75, 3.05) is 6.61 Å². The third-order valence-corrected chi connectivity index (χ3v) is 3.25. The fourth-order valence-electron chi connectivity index (χ4n) is 2.18. The zero-order valence-corrected chi connectivity index (χ0v) is 11.1. The van der Waals surface area contributed by atoms with Crippen molar-refractivity contribution in [1.82, 2.24) is 4.57 Å². The highest BCUT2D eigenvalue weighted by Gasteiger charge is 2.16. The first kappa shape index (κ1) is 12.8. The molecule has 0 fully saturated rings. The van der Waals surface area contributed by atoms with Gasteiger partial charge in [0.05, 0.1) is 6.61 Å². The second kappa shape index (κ2) is 4.58. The fraction of sp³-hybridized carbons (Fsp3) is 0.400. The van der Waals surface area contributed by atoms with Crippen molar-refractivity contribution >= 4 is 17.2 Å². The highest BCUT2D eigenvalue weighted by molar-refractivity contribution is 5.98. The standard InChI is InChI=1S/C15H19NO2/c1-15(2,3)12-4-5-14-13(8-12)11(10-18)9-16(14)6-7-17/h4-5,8-10,17H,6-7H2,1-3H3. The van der Waals surface area contributed by atoms with Crippen LogP contribution in [-0.4, -0.2) is 22.6 Å². The molecule has 18 heavy (non-hydrogen) atoms. The minimum atomic E-state index is 0.0629. The average Bonchev–Trinajstić information content (AvgIpc) is 2.66. The van der Waals surface area contributed by atoms with Crippen LogP contribution in [0.4, 0.5) is 0 Å². The van der Waals surface area contributed by atoms with Crippen molar-refractivity contribution < 1.29 is 9.90 Å². The summed E-state index contributed by atoms with van der Waals surface area (Å²) in [6.07, 6.45) is 2.68. The quantitative estimate of drug-likeness (QED) is 0.845. The number of hydrogen-bond donors (Lipinski definition) is 1. The molecule has 2 aromatic rings. The van der Waals surface area contributed by atoms with Crippen molar-refractivity contribution in [2.24, 2.45) is 0 Å². The number of benzene rings is 1. The number of aliphatic hydroxyl groups is 1. The normalized spacial score (nSPS) is 12.0. The largest absolute Gasteiger partial charge is 0.395 e. The number of carbonyl (C=O) groups is 1. The molecule has 0 unspecified atom stereocenters. The lowest BCUT2D eigenvalue weighted by molar-refractivity contribution is 0.112. The summed E-state index contributed by atoms with van der Waals surface area (Å²) in [5.74, 6) is 0. The van der Waals surface area contributed by atoms with Crippen LogP contribution in [0.3, 0.4) is 0 Å². The lowest BCUT2D eigenvalue weighted by Crippen LogP contribution is -2.10. The molecule has 0 aliphatic carbocycles. The van der Waals surface area contributed by atoms with Gasteiger partial charge in [-0.25, -0.2) is 0 Å². The highest BCUT2D eigenvalue weighted by atomic mass is 16.3. The second-order valence-electron chi connectivity index (χ2n) is 5.60. The minimum Gasteiger partial charge on any atom is -0.395 e. The predicted molar refractivity (Wildman–Crippen MR) is 73.1 cm³/mol. The van der Waals surface area contributed by atoms with E-state index in [2.05, 4.69) is 32.9 Å². The van der Waals surface area contributed by atoms with E-state index in [1.807, 2.05) is 10.6 Å². The second-order valence-corrected chi connectivity index (χ2v) is 5.60. The first-order chi connectivity index (χ1) is 8.47. The van der Waals surface area contributed by atoms with E-state index >= 15 is 0 Å². The van der Waals surface area contributed by atoms with Gasteiger partial charge in [0.1, 0.15) is 0 Å². The summed E-state index contributed by atoms with van der Waals surface area (Å²) in [7, 11) is 0. The molecule has 0 atom stereocenters. The van der Waals surface area contributed by atoms with E-state index in [-0.39, 0.29) is 12.0 Å². The summed E-state index contributed by atoms with van der Waals surface area (Å²) in [5.41, 5.74) is 2.96. The number of fused-ring (bicyclic) bond motifs is 1. The molecule has 1 N–H and O–H groups in total. The zero-order chi connectivity index (χ0) is 13.3. The molecule has 1 heterocycles. The van der Waals surface area contributed by atoms with Crippen LogP contribution in [0.1, 0.15) is 36.7 Å².